The Balaban J connectivity index is 1.71. The Kier molecular flexibility index (Phi) is 17.0. The summed E-state index contributed by atoms with van der Waals surface area (Å²) in [6, 6.07) is 0.718. The largest absolute Gasteiger partial charge is 0.477 e. The van der Waals surface area contributed by atoms with Crippen LogP contribution in [0.3, 0.4) is 0 Å². The number of hydrogen-bond donors (Lipinski definition) is 13. The highest BCUT2D eigenvalue weighted by Gasteiger charge is 2.62. The Hall–Kier alpha value is -4.95. The normalized spacial score (nSPS) is 35.1. The lowest BCUT2D eigenvalue weighted by atomic mass is 9.87. The zero-order valence-electron chi connectivity index (χ0n) is 33.1. The Morgan fingerprint density at radius 3 is 1.90 bits per heavy atom. The Labute approximate surface area is 354 Å². The third-order valence-electron chi connectivity index (χ3n) is 10.3. The van der Waals surface area contributed by atoms with Crippen LogP contribution >= 0.6 is 0 Å². The molecule has 0 bridgehead atoms. The molecule has 1 aromatic rings. The molecule has 2 amide bonds. The van der Waals surface area contributed by atoms with Crippen molar-refractivity contribution in [3.8, 4) is 5.75 Å². The molecular formula is C34H48N6O23. The summed E-state index contributed by atoms with van der Waals surface area (Å²) < 4.78 is 33.6. The highest BCUT2D eigenvalue weighted by atomic mass is 16.8. The topological polar surface area (TPSA) is 462 Å². The number of carbonyl (C=O) groups excluding carboxylic acids is 2. The number of carboxylic acids is 2. The summed E-state index contributed by atoms with van der Waals surface area (Å²) in [4.78, 5) is 63.2. The van der Waals surface area contributed by atoms with Gasteiger partial charge in [0.15, 0.2) is 0 Å². The van der Waals surface area contributed by atoms with E-state index in [9.17, 15) is 85.5 Å². The minimum atomic E-state index is -3.26. The average molecular weight is 909 g/mol. The van der Waals surface area contributed by atoms with Crippen molar-refractivity contribution in [2.24, 2.45) is 5.11 Å². The number of carbonyl (C=O) groups is 4. The number of ether oxygens (including phenoxy) is 6. The van der Waals surface area contributed by atoms with Gasteiger partial charge in [-0.05, 0) is 17.7 Å². The Morgan fingerprint density at radius 2 is 1.43 bits per heavy atom. The predicted molar refractivity (Wildman–Crippen MR) is 197 cm³/mol. The molecule has 3 aliphatic rings. The van der Waals surface area contributed by atoms with E-state index < -0.39 is 164 Å². The van der Waals surface area contributed by atoms with Crippen molar-refractivity contribution in [3.05, 3.63) is 44.8 Å². The van der Waals surface area contributed by atoms with Gasteiger partial charge in [0.1, 0.15) is 60.7 Å². The first-order valence-corrected chi connectivity index (χ1v) is 18.8. The van der Waals surface area contributed by atoms with Gasteiger partial charge in [-0.2, -0.15) is 0 Å². The second-order valence-corrected chi connectivity index (χ2v) is 14.7. The highest BCUT2D eigenvalue weighted by molar-refractivity contribution is 5.77. The monoisotopic (exact) mass is 908 g/mol. The van der Waals surface area contributed by atoms with Crippen LogP contribution in [0.5, 0.6) is 5.75 Å². The molecule has 29 nitrogen and oxygen atoms in total. The molecule has 17 atom stereocenters. The van der Waals surface area contributed by atoms with Crippen molar-refractivity contribution >= 4 is 29.4 Å². The lowest BCUT2D eigenvalue weighted by Crippen LogP contribution is -2.71. The molecule has 0 radical (unpaired) electrons. The molecule has 4 unspecified atom stereocenters. The molecule has 13 N–H and O–H groups in total. The highest BCUT2D eigenvalue weighted by Crippen LogP contribution is 2.40. The van der Waals surface area contributed by atoms with E-state index >= 15 is 0 Å². The fourth-order valence-corrected chi connectivity index (χ4v) is 7.25. The molecule has 0 aromatic heterocycles. The van der Waals surface area contributed by atoms with Gasteiger partial charge in [-0.3, -0.25) is 19.7 Å². The standard InChI is InChI=1S/C34H48N6O23/c1-12(43)37-21-16(45)7-33(31(52)53,61-27(21)23(48)18(47)9-36-39-35)60-20(11-42)25(50)28-22(38-13(2)44)17(46)8-34(62-28,32(54)55)63-29-24(49)19(10-41)59-30(26(29)51)58-15-5-3-14(4-6-15)40(56)57/h3-6,16-30,41-42,45-51H,7-11H2,1-2H3,(H,37,43)(H,38,44)(H,52,53)(H,54,55)/t16-,17-,18?,19+,20?,21+,22+,23?,24-,25?,26+,27+,28+,29-,30+,33+,34-/m0/s1. The second kappa shape index (κ2) is 21.2. The number of benzene rings is 1. The first kappa shape index (κ1) is 50.7. The van der Waals surface area contributed by atoms with Crippen LogP contribution in [0.1, 0.15) is 26.7 Å². The number of azide groups is 1. The van der Waals surface area contributed by atoms with Crippen LogP contribution in [0.15, 0.2) is 29.4 Å². The average Bonchev–Trinajstić information content (AvgIpc) is 3.22. The molecule has 29 heteroatoms. The molecule has 1 aromatic carbocycles. The number of aliphatic hydroxyl groups is 9. The van der Waals surface area contributed by atoms with Gasteiger partial charge in [0.05, 0.1) is 55.1 Å². The zero-order valence-corrected chi connectivity index (χ0v) is 33.1. The molecule has 4 rings (SSSR count). The van der Waals surface area contributed by atoms with E-state index in [0.717, 1.165) is 38.1 Å². The number of nitrogens with one attached hydrogen (secondary N) is 2. The molecule has 3 fully saturated rings. The van der Waals surface area contributed by atoms with E-state index in [1.165, 1.54) is 0 Å². The van der Waals surface area contributed by atoms with Crippen LogP contribution in [-0.2, 0) is 42.9 Å². The summed E-state index contributed by atoms with van der Waals surface area (Å²) >= 11 is 0. The molecule has 352 valence electrons. The van der Waals surface area contributed by atoms with Crippen molar-refractivity contribution in [2.45, 2.75) is 130 Å². The number of nitro benzene ring substituents is 1. The zero-order chi connectivity index (χ0) is 47.1. The lowest BCUT2D eigenvalue weighted by Gasteiger charge is -2.51. The number of aliphatic carboxylic acids is 2. The van der Waals surface area contributed by atoms with E-state index in [4.69, 9.17) is 34.0 Å². The predicted octanol–water partition coefficient (Wildman–Crippen LogP) is -5.56. The van der Waals surface area contributed by atoms with Gasteiger partial charge in [-0.25, -0.2) is 9.59 Å². The first-order valence-electron chi connectivity index (χ1n) is 18.8. The second-order valence-electron chi connectivity index (χ2n) is 14.7. The molecule has 3 aliphatic heterocycles. The van der Waals surface area contributed by atoms with Crippen LogP contribution < -0.4 is 15.4 Å². The maximum absolute atomic E-state index is 13.1. The minimum Gasteiger partial charge on any atom is -0.477 e. The fourth-order valence-electron chi connectivity index (χ4n) is 7.25. The fraction of sp³-hybridized carbons (Fsp3) is 0.706. The van der Waals surface area contributed by atoms with E-state index in [2.05, 4.69) is 20.7 Å². The van der Waals surface area contributed by atoms with E-state index in [-0.39, 0.29) is 11.4 Å². The van der Waals surface area contributed by atoms with E-state index in [0.29, 0.717) is 0 Å². The number of rotatable bonds is 19. The van der Waals surface area contributed by atoms with Gasteiger partial charge in [-0.15, -0.1) is 0 Å². The molecule has 0 spiro atoms. The number of aliphatic hydroxyl groups excluding tert-OH is 9. The van der Waals surface area contributed by atoms with Gasteiger partial charge in [0, 0.05) is 43.7 Å². The van der Waals surface area contributed by atoms with Gasteiger partial charge >= 0.3 is 11.9 Å². The van der Waals surface area contributed by atoms with E-state index in [1.54, 1.807) is 0 Å². The third kappa shape index (κ3) is 11.4. The number of carboxylic acid groups (broad SMARTS) is 2. The van der Waals surface area contributed by atoms with Crippen LogP contribution in [0, 0.1) is 10.1 Å². The smallest absolute Gasteiger partial charge is 0.364 e. The number of non-ortho nitro benzene ring substituents is 1. The minimum absolute atomic E-state index is 0.158. The summed E-state index contributed by atoms with van der Waals surface area (Å²) in [6.45, 7) is -1.33. The summed E-state index contributed by atoms with van der Waals surface area (Å²) in [7, 11) is 0. The Morgan fingerprint density at radius 1 is 0.905 bits per heavy atom. The first-order chi connectivity index (χ1) is 29.5. The summed E-state index contributed by atoms with van der Waals surface area (Å²) in [5, 5.41) is 138. The quantitative estimate of drug-likeness (QED) is 0.0202. The molecule has 3 heterocycles. The van der Waals surface area contributed by atoms with E-state index in [1.807, 2.05) is 0 Å². The van der Waals surface area contributed by atoms with Crippen molar-refractivity contribution in [1.29, 1.82) is 0 Å². The van der Waals surface area contributed by atoms with Crippen molar-refractivity contribution in [3.63, 3.8) is 0 Å². The van der Waals surface area contributed by atoms with Crippen LogP contribution in [0.2, 0.25) is 0 Å². The van der Waals surface area contributed by atoms with Crippen molar-refractivity contribution < 1.29 is 109 Å². The summed E-state index contributed by atoms with van der Waals surface area (Å²) in [6.07, 6.45) is -30.1. The maximum Gasteiger partial charge on any atom is 0.364 e. The number of nitrogens with zero attached hydrogens (tertiary/aromatic N) is 4. The molecule has 0 saturated carbocycles. The SMILES string of the molecule is CC(=O)N[C@@H]1[C@@H](O)C[C@](OC(CO)C(O)[C@@H]2O[C@@](O[C@H]3[C@@H](O)[C@@H](CO)O[C@@H](Oc4ccc([N+](=O)[O-])cc4)[C@@H]3O)(C(=O)O)C[C@H](O)[C@H]2NC(C)=O)(C(=O)O)O[C@H]1C(O)C(O)CN=[N+]=[N-]. The van der Waals surface area contributed by atoms with Crippen molar-refractivity contribution in [1.82, 2.24) is 10.6 Å². The van der Waals surface area contributed by atoms with Gasteiger partial charge in [0.25, 0.3) is 17.3 Å². The Bertz CT molecular complexity index is 1840. The van der Waals surface area contributed by atoms with Crippen molar-refractivity contribution in [2.75, 3.05) is 19.8 Å². The molecular weight excluding hydrogens is 860 g/mol. The molecule has 0 aliphatic carbocycles. The van der Waals surface area contributed by atoms with Gasteiger partial charge < -0.3 is 95.2 Å². The molecule has 3 saturated heterocycles. The summed E-state index contributed by atoms with van der Waals surface area (Å²) in [5.41, 5.74) is 8.31. The number of hydrogen-bond acceptors (Lipinski definition) is 22. The molecule has 63 heavy (non-hydrogen) atoms. The van der Waals surface area contributed by atoms with Crippen LogP contribution in [-0.4, -0.2) is 208 Å². The number of nitro groups is 1. The van der Waals surface area contributed by atoms with Gasteiger partial charge in [0.2, 0.25) is 18.1 Å². The maximum atomic E-state index is 13.1. The lowest BCUT2D eigenvalue weighted by molar-refractivity contribution is -0.384. The van der Waals surface area contributed by atoms with Crippen LogP contribution in [0.4, 0.5) is 5.69 Å². The van der Waals surface area contributed by atoms with Gasteiger partial charge in [-0.1, -0.05) is 5.11 Å². The number of amides is 2. The third-order valence-corrected chi connectivity index (χ3v) is 10.3. The van der Waals surface area contributed by atoms with Crippen LogP contribution in [0.25, 0.3) is 10.4 Å². The summed E-state index contributed by atoms with van der Waals surface area (Å²) in [5.74, 6) is -12.6.